The number of benzene rings is 1. The van der Waals surface area contributed by atoms with Gasteiger partial charge in [-0.25, -0.2) is 0 Å². The predicted octanol–water partition coefficient (Wildman–Crippen LogP) is 2.42. The molecule has 2 aromatic heterocycles. The number of nitrogens with two attached hydrogens (primary N) is 2. The topological polar surface area (TPSA) is 134 Å². The Labute approximate surface area is 160 Å². The number of hydrogen-bond donors (Lipinski definition) is 4. The zero-order valence-electron chi connectivity index (χ0n) is 16.3. The van der Waals surface area contributed by atoms with Gasteiger partial charge in [0, 0.05) is 32.9 Å². The molecule has 28 heavy (non-hydrogen) atoms. The maximum Gasteiger partial charge on any atom is 0.103 e. The van der Waals surface area contributed by atoms with Gasteiger partial charge in [0.2, 0.25) is 0 Å². The summed E-state index contributed by atoms with van der Waals surface area (Å²) in [6.45, 7) is 8.47. The van der Waals surface area contributed by atoms with Crippen molar-refractivity contribution in [2.75, 3.05) is 0 Å². The zero-order chi connectivity index (χ0) is 19.7. The molecule has 8 nitrogen and oxygen atoms in total. The van der Waals surface area contributed by atoms with E-state index in [0.717, 1.165) is 65.5 Å². The molecular weight excluding hydrogens is 352 g/mol. The summed E-state index contributed by atoms with van der Waals surface area (Å²) in [6, 6.07) is 4.17. The van der Waals surface area contributed by atoms with Gasteiger partial charge in [0.25, 0.3) is 0 Å². The van der Waals surface area contributed by atoms with Gasteiger partial charge in [0.1, 0.15) is 21.7 Å². The van der Waals surface area contributed by atoms with E-state index in [-0.39, 0.29) is 11.8 Å². The Balaban J connectivity index is 2.04. The maximum absolute atomic E-state index is 5.81. The van der Waals surface area contributed by atoms with Crippen LogP contribution < -0.4 is 22.4 Å². The number of aromatic amines is 2. The third-order valence-electron chi connectivity index (χ3n) is 5.65. The summed E-state index contributed by atoms with van der Waals surface area (Å²) in [5.41, 5.74) is 3.83. The van der Waals surface area contributed by atoms with Crippen molar-refractivity contribution in [3.05, 3.63) is 34.2 Å². The van der Waals surface area contributed by atoms with Crippen LogP contribution in [0.25, 0.3) is 43.4 Å². The predicted molar refractivity (Wildman–Crippen MR) is 111 cm³/mol. The molecule has 5 aromatic rings. The van der Waals surface area contributed by atoms with Crippen molar-refractivity contribution in [1.29, 1.82) is 0 Å². The highest BCUT2D eigenvalue weighted by molar-refractivity contribution is 6.20. The first-order chi connectivity index (χ1) is 13.5. The van der Waals surface area contributed by atoms with E-state index in [1.165, 1.54) is 0 Å². The van der Waals surface area contributed by atoms with Gasteiger partial charge in [-0.1, -0.05) is 27.7 Å². The maximum atomic E-state index is 5.81. The molecule has 3 aromatic carbocycles. The number of rotatable bonds is 2. The molecule has 0 aliphatic rings. The highest BCUT2D eigenvalue weighted by Crippen LogP contribution is 2.34. The van der Waals surface area contributed by atoms with Crippen LogP contribution in [0, 0.1) is 0 Å². The molecule has 5 rings (SSSR count). The summed E-state index contributed by atoms with van der Waals surface area (Å²) >= 11 is 0. The second-order valence-corrected chi connectivity index (χ2v) is 7.93. The van der Waals surface area contributed by atoms with Crippen LogP contribution in [-0.2, 0) is 0 Å². The fourth-order valence-electron chi connectivity index (χ4n) is 4.34. The number of nitrogens with zero attached hydrogens (tertiary/aromatic N) is 4. The summed E-state index contributed by atoms with van der Waals surface area (Å²) in [5.74, 6) is 12.2. The zero-order valence-corrected chi connectivity index (χ0v) is 16.3. The van der Waals surface area contributed by atoms with Crippen molar-refractivity contribution in [2.24, 2.45) is 21.9 Å². The van der Waals surface area contributed by atoms with Crippen LogP contribution in [0.1, 0.15) is 50.9 Å². The van der Waals surface area contributed by atoms with Crippen molar-refractivity contribution in [2.45, 2.75) is 39.5 Å². The van der Waals surface area contributed by atoms with Crippen molar-refractivity contribution >= 4 is 43.4 Å². The lowest BCUT2D eigenvalue weighted by molar-refractivity contribution is 0.817. The minimum Gasteiger partial charge on any atom is -0.323 e. The van der Waals surface area contributed by atoms with Crippen molar-refractivity contribution < 1.29 is 0 Å². The largest absolute Gasteiger partial charge is 0.323 e. The van der Waals surface area contributed by atoms with Gasteiger partial charge in [0.05, 0.1) is 10.8 Å². The summed E-state index contributed by atoms with van der Waals surface area (Å²) in [4.78, 5) is 0. The van der Waals surface area contributed by atoms with Crippen LogP contribution in [0.4, 0.5) is 0 Å². The molecule has 0 aliphatic heterocycles. The van der Waals surface area contributed by atoms with Crippen LogP contribution in [0.2, 0.25) is 0 Å². The van der Waals surface area contributed by atoms with Crippen molar-refractivity contribution in [3.63, 3.8) is 0 Å². The van der Waals surface area contributed by atoms with E-state index in [1.807, 2.05) is 0 Å². The molecule has 0 saturated heterocycles. The summed E-state index contributed by atoms with van der Waals surface area (Å²) < 4.78 is 0. The molecule has 142 valence electrons. The molecule has 0 radical (unpaired) electrons. The Morgan fingerprint density at radius 3 is 1.46 bits per heavy atom. The molecule has 0 saturated carbocycles. The highest BCUT2D eigenvalue weighted by atomic mass is 15.1. The second kappa shape index (κ2) is 5.54. The normalized spacial score (nSPS) is 14.4. The molecule has 0 amide bonds. The Hall–Kier alpha value is -3.42. The average Bonchev–Trinajstić information content (AvgIpc) is 3.38. The van der Waals surface area contributed by atoms with E-state index >= 15 is 0 Å². The van der Waals surface area contributed by atoms with E-state index in [2.05, 4.69) is 70.4 Å². The molecule has 6 N–H and O–H groups in total. The number of hydrogen-bond acceptors (Lipinski definition) is 6. The van der Waals surface area contributed by atoms with Gasteiger partial charge in [-0.3, -0.25) is 10.2 Å². The van der Waals surface area contributed by atoms with Gasteiger partial charge < -0.3 is 11.7 Å². The van der Waals surface area contributed by atoms with Crippen molar-refractivity contribution in [3.8, 4) is 0 Å². The van der Waals surface area contributed by atoms with E-state index in [9.17, 15) is 0 Å². The minimum atomic E-state index is 0.280. The molecule has 0 atom stereocenters. The van der Waals surface area contributed by atoms with Crippen LogP contribution in [0.15, 0.2) is 22.3 Å². The molecule has 2 heterocycles. The molecule has 0 unspecified atom stereocenters. The number of fused-ring (bicyclic) bond motifs is 6. The molecule has 0 spiro atoms. The fourth-order valence-corrected chi connectivity index (χ4v) is 4.34. The number of aromatic nitrogens is 4. The first-order valence-corrected chi connectivity index (χ1v) is 9.40. The minimum absolute atomic E-state index is 0.280. The SMILES string of the molecule is CC(C)c1[nH]nc2c1/c(=N\N)c1cc3/c(=N\N)c4c(C(C)C)[nH]nc4c3cc12. The molecule has 0 bridgehead atoms. The Morgan fingerprint density at radius 2 is 1.11 bits per heavy atom. The van der Waals surface area contributed by atoms with E-state index < -0.39 is 0 Å². The quantitative estimate of drug-likeness (QED) is 0.279. The van der Waals surface area contributed by atoms with Crippen LogP contribution in [0.3, 0.4) is 0 Å². The Morgan fingerprint density at radius 1 is 0.714 bits per heavy atom. The van der Waals surface area contributed by atoms with E-state index in [1.54, 1.807) is 0 Å². The van der Waals surface area contributed by atoms with Gasteiger partial charge in [0.15, 0.2) is 0 Å². The summed E-state index contributed by atoms with van der Waals surface area (Å²) in [7, 11) is 0. The Bertz CT molecular complexity index is 1380. The smallest absolute Gasteiger partial charge is 0.103 e. The van der Waals surface area contributed by atoms with E-state index in [0.29, 0.717) is 0 Å². The fraction of sp³-hybridized carbons (Fsp3) is 0.300. The molecule has 0 fully saturated rings. The lowest BCUT2D eigenvalue weighted by Gasteiger charge is -2.00. The third kappa shape index (κ3) is 1.89. The monoisotopic (exact) mass is 374 g/mol. The third-order valence-corrected chi connectivity index (χ3v) is 5.65. The van der Waals surface area contributed by atoms with Gasteiger partial charge in [-0.15, -0.1) is 0 Å². The van der Waals surface area contributed by atoms with E-state index in [4.69, 9.17) is 11.7 Å². The van der Waals surface area contributed by atoms with Crippen LogP contribution >= 0.6 is 0 Å². The van der Waals surface area contributed by atoms with Crippen molar-refractivity contribution in [1.82, 2.24) is 20.4 Å². The first-order valence-electron chi connectivity index (χ1n) is 9.40. The highest BCUT2D eigenvalue weighted by Gasteiger charge is 2.22. The van der Waals surface area contributed by atoms with Gasteiger partial charge >= 0.3 is 0 Å². The number of H-pyrrole nitrogens is 2. The lowest BCUT2D eigenvalue weighted by atomic mass is 10.1. The Kier molecular flexibility index (Phi) is 3.31. The average molecular weight is 374 g/mol. The first kappa shape index (κ1) is 16.7. The van der Waals surface area contributed by atoms with Crippen LogP contribution in [0.5, 0.6) is 0 Å². The van der Waals surface area contributed by atoms with Gasteiger partial charge in [-0.2, -0.15) is 20.4 Å². The number of nitrogens with one attached hydrogen (secondary N) is 2. The van der Waals surface area contributed by atoms with Gasteiger partial charge in [-0.05, 0) is 24.0 Å². The molecular formula is C20H22N8. The molecule has 8 heteroatoms. The van der Waals surface area contributed by atoms with Crippen LogP contribution in [-0.4, -0.2) is 20.4 Å². The molecule has 0 aliphatic carbocycles. The second-order valence-electron chi connectivity index (χ2n) is 7.93. The summed E-state index contributed by atoms with van der Waals surface area (Å²) in [6.07, 6.45) is 0. The lowest BCUT2D eigenvalue weighted by Crippen LogP contribution is -2.08. The summed E-state index contributed by atoms with van der Waals surface area (Å²) in [5, 5.41) is 31.0. The standard InChI is InChI=1S/C20H22N8/c1-7(2)15-13-17(23-21)9-5-10-12(6-11(9)19(13)27-25-15)20-14(18(10)24-22)16(8(3)4)26-28-20/h5-8H,21-22H2,1-4H3,(H,25,27)(H,26,28)/b23-17-,24-18+.